The monoisotopic (exact) mass is 428 g/mol. The molecule has 0 radical (unpaired) electrons. The predicted molar refractivity (Wildman–Crippen MR) is 113 cm³/mol. The van der Waals surface area contributed by atoms with Gasteiger partial charge in [0, 0.05) is 32.5 Å². The number of aryl methyl sites for hydroxylation is 2. The predicted octanol–water partition coefficient (Wildman–Crippen LogP) is 3.18. The molecule has 0 unspecified atom stereocenters. The van der Waals surface area contributed by atoms with Crippen LogP contribution in [0.15, 0.2) is 51.9 Å². The number of likely N-dealkylation sites (N-methyl/N-ethyl adjacent to an activating group) is 1. The van der Waals surface area contributed by atoms with E-state index in [0.717, 1.165) is 16.7 Å². The van der Waals surface area contributed by atoms with E-state index >= 15 is 0 Å². The summed E-state index contributed by atoms with van der Waals surface area (Å²) >= 11 is 0. The lowest BCUT2D eigenvalue weighted by atomic mass is 10.1. The van der Waals surface area contributed by atoms with Crippen LogP contribution in [0, 0.1) is 13.8 Å². The van der Waals surface area contributed by atoms with Crippen molar-refractivity contribution in [3.63, 3.8) is 0 Å². The van der Waals surface area contributed by atoms with Gasteiger partial charge in [0.05, 0.1) is 5.69 Å². The second-order valence-electron chi connectivity index (χ2n) is 7.14. The average Bonchev–Trinajstić information content (AvgIpc) is 3.16. The van der Waals surface area contributed by atoms with E-state index in [1.54, 1.807) is 25.1 Å². The third-order valence-corrected chi connectivity index (χ3v) is 6.42. The molecule has 2 aromatic carbocycles. The number of benzene rings is 2. The molecule has 158 valence electrons. The quantitative estimate of drug-likeness (QED) is 0.620. The molecule has 1 heterocycles. The van der Waals surface area contributed by atoms with Crippen molar-refractivity contribution in [2.45, 2.75) is 32.1 Å². The maximum Gasteiger partial charge on any atom is 0.257 e. The third kappa shape index (κ3) is 4.92. The Kier molecular flexibility index (Phi) is 6.33. The number of amides is 1. The molecule has 0 fully saturated rings. The Morgan fingerprint density at radius 3 is 2.57 bits per heavy atom. The maximum absolute atomic E-state index is 13.1. The van der Waals surface area contributed by atoms with E-state index in [1.165, 1.54) is 18.3 Å². The summed E-state index contributed by atoms with van der Waals surface area (Å²) in [4.78, 5) is 15.9. The van der Waals surface area contributed by atoms with Gasteiger partial charge < -0.3 is 9.84 Å². The first kappa shape index (κ1) is 21.7. The molecule has 0 atom stereocenters. The van der Waals surface area contributed by atoms with Crippen molar-refractivity contribution in [1.29, 1.82) is 0 Å². The minimum absolute atomic E-state index is 0.0498. The highest BCUT2D eigenvalue weighted by Crippen LogP contribution is 2.26. The minimum atomic E-state index is -3.83. The first-order chi connectivity index (χ1) is 14.2. The minimum Gasteiger partial charge on any atom is -0.334 e. The molecule has 1 amide bonds. The van der Waals surface area contributed by atoms with Crippen molar-refractivity contribution < 1.29 is 17.7 Å². The van der Waals surface area contributed by atoms with Crippen LogP contribution in [0.2, 0.25) is 0 Å². The molecule has 0 aliphatic carbocycles. The zero-order valence-electron chi connectivity index (χ0n) is 17.3. The molecule has 8 nitrogen and oxygen atoms in total. The van der Waals surface area contributed by atoms with Crippen molar-refractivity contribution >= 4 is 21.6 Å². The summed E-state index contributed by atoms with van der Waals surface area (Å²) in [6.07, 6.45) is 0.284. The number of rotatable bonds is 7. The molecule has 30 heavy (non-hydrogen) atoms. The summed E-state index contributed by atoms with van der Waals surface area (Å²) in [6.45, 7) is 5.26. The first-order valence-electron chi connectivity index (χ1n) is 9.41. The number of hydrogen-bond donors (Lipinski definition) is 1. The van der Waals surface area contributed by atoms with E-state index in [4.69, 9.17) is 4.52 Å². The van der Waals surface area contributed by atoms with Gasteiger partial charge in [0.25, 0.3) is 5.89 Å². The van der Waals surface area contributed by atoms with E-state index in [2.05, 4.69) is 15.5 Å². The van der Waals surface area contributed by atoms with Crippen LogP contribution in [-0.2, 0) is 21.2 Å². The van der Waals surface area contributed by atoms with Gasteiger partial charge in [-0.25, -0.2) is 12.7 Å². The van der Waals surface area contributed by atoms with Gasteiger partial charge in [-0.3, -0.25) is 4.79 Å². The smallest absolute Gasteiger partial charge is 0.257 e. The topological polar surface area (TPSA) is 105 Å². The van der Waals surface area contributed by atoms with Crippen LogP contribution in [0.4, 0.5) is 5.69 Å². The van der Waals surface area contributed by atoms with Gasteiger partial charge in [-0.1, -0.05) is 28.9 Å². The largest absolute Gasteiger partial charge is 0.334 e. The molecule has 9 heteroatoms. The summed E-state index contributed by atoms with van der Waals surface area (Å²) in [7, 11) is -2.34. The number of anilines is 1. The summed E-state index contributed by atoms with van der Waals surface area (Å²) < 4.78 is 32.7. The van der Waals surface area contributed by atoms with Crippen LogP contribution in [-0.4, -0.2) is 42.4 Å². The van der Waals surface area contributed by atoms with Gasteiger partial charge in [0.2, 0.25) is 15.9 Å². The van der Waals surface area contributed by atoms with Gasteiger partial charge in [-0.15, -0.1) is 0 Å². The van der Waals surface area contributed by atoms with Crippen molar-refractivity contribution in [3.05, 3.63) is 59.4 Å². The summed E-state index contributed by atoms with van der Waals surface area (Å²) in [5.74, 6) is 0.471. The number of hydrogen-bond acceptors (Lipinski definition) is 6. The Hall–Kier alpha value is -3.04. The van der Waals surface area contributed by atoms with Crippen LogP contribution < -0.4 is 5.32 Å². The Labute approximate surface area is 176 Å². The fourth-order valence-corrected chi connectivity index (χ4v) is 4.33. The number of sulfonamides is 1. The Morgan fingerprint density at radius 2 is 1.87 bits per heavy atom. The molecule has 0 aliphatic rings. The SMILES string of the molecule is CC(=O)Nc1ccc(C)cc1S(=O)(=O)N(C)CCc1noc(-c2cccc(C)c2)n1. The summed E-state index contributed by atoms with van der Waals surface area (Å²) in [5, 5.41) is 6.53. The second-order valence-corrected chi connectivity index (χ2v) is 9.16. The number of carbonyl (C=O) groups is 1. The van der Waals surface area contributed by atoms with Crippen molar-refractivity contribution in [2.75, 3.05) is 18.9 Å². The molecule has 1 N–H and O–H groups in total. The lowest BCUT2D eigenvalue weighted by Gasteiger charge is -2.19. The lowest BCUT2D eigenvalue weighted by Crippen LogP contribution is -2.30. The zero-order valence-corrected chi connectivity index (χ0v) is 18.2. The maximum atomic E-state index is 13.1. The Morgan fingerprint density at radius 1 is 1.13 bits per heavy atom. The molecule has 3 rings (SSSR count). The van der Waals surface area contributed by atoms with Crippen molar-refractivity contribution in [1.82, 2.24) is 14.4 Å². The van der Waals surface area contributed by atoms with E-state index < -0.39 is 10.0 Å². The molecule has 0 aliphatic heterocycles. The highest BCUT2D eigenvalue weighted by Gasteiger charge is 2.25. The highest BCUT2D eigenvalue weighted by atomic mass is 32.2. The Bertz CT molecular complexity index is 1170. The van der Waals surface area contributed by atoms with E-state index in [1.807, 2.05) is 31.2 Å². The molecule has 0 saturated carbocycles. The van der Waals surface area contributed by atoms with E-state index in [9.17, 15) is 13.2 Å². The number of nitrogens with zero attached hydrogens (tertiary/aromatic N) is 3. The van der Waals surface area contributed by atoms with Gasteiger partial charge in [0.15, 0.2) is 5.82 Å². The van der Waals surface area contributed by atoms with Crippen molar-refractivity contribution in [3.8, 4) is 11.5 Å². The Balaban J connectivity index is 1.76. The normalized spacial score (nSPS) is 11.6. The lowest BCUT2D eigenvalue weighted by molar-refractivity contribution is -0.114. The molecular formula is C21H24N4O4S. The second kappa shape index (κ2) is 8.76. The van der Waals surface area contributed by atoms with Crippen LogP contribution >= 0.6 is 0 Å². The highest BCUT2D eigenvalue weighted by molar-refractivity contribution is 7.89. The van der Waals surface area contributed by atoms with Gasteiger partial charge >= 0.3 is 0 Å². The standard InChI is InChI=1S/C21H24N4O4S/c1-14-6-5-7-17(12-14)21-23-20(24-29-21)10-11-25(4)30(27,28)19-13-15(2)8-9-18(19)22-16(3)26/h5-9,12-13H,10-11H2,1-4H3,(H,22,26). The molecule has 0 spiro atoms. The first-order valence-corrected chi connectivity index (χ1v) is 10.8. The molecule has 1 aromatic heterocycles. The van der Waals surface area contributed by atoms with E-state index in [-0.39, 0.29) is 29.5 Å². The van der Waals surface area contributed by atoms with Gasteiger partial charge in [0.1, 0.15) is 4.90 Å². The van der Waals surface area contributed by atoms with Crippen molar-refractivity contribution in [2.24, 2.45) is 0 Å². The fourth-order valence-electron chi connectivity index (χ4n) is 2.93. The molecule has 3 aromatic rings. The van der Waals surface area contributed by atoms with Crippen LogP contribution in [0.1, 0.15) is 23.9 Å². The number of aromatic nitrogens is 2. The third-order valence-electron chi connectivity index (χ3n) is 4.52. The zero-order chi connectivity index (χ0) is 21.9. The fraction of sp³-hybridized carbons (Fsp3) is 0.286. The summed E-state index contributed by atoms with van der Waals surface area (Å²) in [6, 6.07) is 12.6. The van der Waals surface area contributed by atoms with Gasteiger partial charge in [-0.05, 0) is 43.7 Å². The van der Waals surface area contributed by atoms with Crippen LogP contribution in [0.3, 0.4) is 0 Å². The van der Waals surface area contributed by atoms with E-state index in [0.29, 0.717) is 11.7 Å². The van der Waals surface area contributed by atoms with Crippen LogP contribution in [0.25, 0.3) is 11.5 Å². The number of carbonyl (C=O) groups excluding carboxylic acids is 1. The van der Waals surface area contributed by atoms with Crippen LogP contribution in [0.5, 0.6) is 0 Å². The number of nitrogens with one attached hydrogen (secondary N) is 1. The average molecular weight is 429 g/mol. The molecule has 0 saturated heterocycles. The summed E-state index contributed by atoms with van der Waals surface area (Å²) in [5.41, 5.74) is 2.92. The molecule has 0 bridgehead atoms. The van der Waals surface area contributed by atoms with Gasteiger partial charge in [-0.2, -0.15) is 4.98 Å². The molecular weight excluding hydrogens is 404 g/mol.